The molecule has 8 nitrogen and oxygen atoms in total. The molecule has 3 heterocycles. The number of halogens is 4. The van der Waals surface area contributed by atoms with E-state index in [4.69, 9.17) is 11.6 Å². The lowest BCUT2D eigenvalue weighted by atomic mass is 9.90. The molecule has 4 rings (SSSR count). The topological polar surface area (TPSA) is 102 Å². The number of alkyl halides is 3. The normalized spacial score (nSPS) is 17.7. The number of aliphatic hydroxyl groups is 1. The summed E-state index contributed by atoms with van der Waals surface area (Å²) >= 11 is 6.25. The molecule has 194 valence electrons. The Kier molecular flexibility index (Phi) is 7.72. The van der Waals surface area contributed by atoms with Gasteiger partial charge >= 0.3 is 6.18 Å². The number of hydrogen-bond acceptors (Lipinski definition) is 7. The van der Waals surface area contributed by atoms with Gasteiger partial charge in [-0.05, 0) is 62.9 Å². The molecular weight excluding hydrogens is 495 g/mol. The monoisotopic (exact) mass is 523 g/mol. The number of aromatic nitrogens is 4. The Morgan fingerprint density at radius 1 is 1.17 bits per heavy atom. The predicted molar refractivity (Wildman–Crippen MR) is 133 cm³/mol. The minimum atomic E-state index is -4.64. The third-order valence-corrected chi connectivity index (χ3v) is 6.59. The van der Waals surface area contributed by atoms with Gasteiger partial charge in [-0.25, -0.2) is 4.98 Å². The lowest BCUT2D eigenvalue weighted by Gasteiger charge is -2.38. The maximum absolute atomic E-state index is 13.0. The molecular formula is C24H29ClF3N7O. The van der Waals surface area contributed by atoms with E-state index in [-0.39, 0.29) is 6.04 Å². The zero-order chi connectivity index (χ0) is 26.0. The van der Waals surface area contributed by atoms with Crippen LogP contribution in [-0.2, 0) is 0 Å². The maximum Gasteiger partial charge on any atom is 0.415 e. The van der Waals surface area contributed by atoms with Crippen molar-refractivity contribution in [3.63, 3.8) is 0 Å². The fraction of sp³-hybridized carbons (Fsp3) is 0.458. The van der Waals surface area contributed by atoms with Crippen LogP contribution in [0.4, 0.5) is 36.4 Å². The highest BCUT2D eigenvalue weighted by atomic mass is 35.5. The molecule has 1 fully saturated rings. The third kappa shape index (κ3) is 6.08. The van der Waals surface area contributed by atoms with Gasteiger partial charge in [0.1, 0.15) is 5.02 Å². The largest absolute Gasteiger partial charge is 0.415 e. The molecule has 12 heteroatoms. The van der Waals surface area contributed by atoms with Gasteiger partial charge in [0.05, 0.1) is 6.20 Å². The summed E-state index contributed by atoms with van der Waals surface area (Å²) in [5.74, 6) is 1.30. The smallest absolute Gasteiger partial charge is 0.382 e. The molecule has 0 amide bonds. The summed E-state index contributed by atoms with van der Waals surface area (Å²) in [5.41, 5.74) is 4.45. The molecule has 3 aromatic rings. The van der Waals surface area contributed by atoms with Crippen LogP contribution in [0.5, 0.6) is 0 Å². The summed E-state index contributed by atoms with van der Waals surface area (Å²) in [5, 5.41) is 23.2. The van der Waals surface area contributed by atoms with Crippen LogP contribution >= 0.6 is 11.6 Å². The molecule has 0 bridgehead atoms. The van der Waals surface area contributed by atoms with E-state index >= 15 is 0 Å². The van der Waals surface area contributed by atoms with Crippen LogP contribution in [-0.4, -0.2) is 55.5 Å². The second kappa shape index (κ2) is 10.6. The predicted octanol–water partition coefficient (Wildman–Crippen LogP) is 5.72. The van der Waals surface area contributed by atoms with Gasteiger partial charge in [-0.2, -0.15) is 23.3 Å². The van der Waals surface area contributed by atoms with Gasteiger partial charge in [0.25, 0.3) is 0 Å². The highest BCUT2D eigenvalue weighted by Crippen LogP contribution is 2.37. The number of anilines is 4. The van der Waals surface area contributed by atoms with E-state index in [9.17, 15) is 18.3 Å². The molecule has 0 spiro atoms. The zero-order valence-corrected chi connectivity index (χ0v) is 21.0. The standard InChI is InChI=1S/C24H29ClF3N7O/c1-13-9-18(30-23-29-11-17(25)22(32-23)31-21-10-15(3)33-34-21)14(2)8-16(13)19-6-4-5-7-35(19)12-20(36)24(26,27)28/h8-11,19-20,36H,4-7,12H2,1-3H3,(H3,29,30,31,32,33,34). The van der Waals surface area contributed by atoms with Crippen LogP contribution in [0.25, 0.3) is 0 Å². The number of nitrogens with zero attached hydrogens (tertiary/aromatic N) is 4. The van der Waals surface area contributed by atoms with Crippen LogP contribution < -0.4 is 10.6 Å². The number of rotatable bonds is 7. The van der Waals surface area contributed by atoms with E-state index in [1.165, 1.54) is 6.20 Å². The van der Waals surface area contributed by atoms with Crippen molar-refractivity contribution in [3.05, 3.63) is 51.8 Å². The minimum absolute atomic E-state index is 0.191. The lowest BCUT2D eigenvalue weighted by Crippen LogP contribution is -2.44. The first-order chi connectivity index (χ1) is 17.0. The number of aryl methyl sites for hydroxylation is 3. The van der Waals surface area contributed by atoms with Crippen molar-refractivity contribution in [2.75, 3.05) is 23.7 Å². The molecule has 1 aliphatic rings. The third-order valence-electron chi connectivity index (χ3n) is 6.31. The van der Waals surface area contributed by atoms with E-state index in [2.05, 4.69) is 30.8 Å². The maximum atomic E-state index is 13.0. The van der Waals surface area contributed by atoms with Crippen molar-refractivity contribution in [2.45, 2.75) is 58.4 Å². The van der Waals surface area contributed by atoms with Gasteiger partial charge in [-0.15, -0.1) is 0 Å². The van der Waals surface area contributed by atoms with Gasteiger partial charge < -0.3 is 15.7 Å². The quantitative estimate of drug-likeness (QED) is 0.314. The van der Waals surface area contributed by atoms with E-state index in [0.29, 0.717) is 29.2 Å². The number of benzene rings is 1. The average molecular weight is 524 g/mol. The van der Waals surface area contributed by atoms with Crippen LogP contribution in [0.2, 0.25) is 5.02 Å². The number of aromatic amines is 1. The first kappa shape index (κ1) is 26.2. The van der Waals surface area contributed by atoms with Gasteiger partial charge in [-0.3, -0.25) is 10.00 Å². The number of piperidine rings is 1. The zero-order valence-electron chi connectivity index (χ0n) is 20.2. The van der Waals surface area contributed by atoms with Gasteiger partial charge in [0.15, 0.2) is 17.7 Å². The van der Waals surface area contributed by atoms with Crippen LogP contribution in [0.15, 0.2) is 24.4 Å². The number of likely N-dealkylation sites (tertiary alicyclic amines) is 1. The lowest BCUT2D eigenvalue weighted by molar-refractivity contribution is -0.210. The van der Waals surface area contributed by atoms with Crippen molar-refractivity contribution in [1.82, 2.24) is 25.1 Å². The second-order valence-corrected chi connectivity index (χ2v) is 9.57. The first-order valence-electron chi connectivity index (χ1n) is 11.7. The summed E-state index contributed by atoms with van der Waals surface area (Å²) in [4.78, 5) is 10.5. The van der Waals surface area contributed by atoms with Crippen molar-refractivity contribution in [3.8, 4) is 0 Å². The number of aliphatic hydroxyl groups excluding tert-OH is 1. The first-order valence-corrected chi connectivity index (χ1v) is 12.1. The Balaban J connectivity index is 1.54. The van der Waals surface area contributed by atoms with Gasteiger partial charge in [0, 0.05) is 30.0 Å². The molecule has 2 aromatic heterocycles. The van der Waals surface area contributed by atoms with Crippen LogP contribution in [0.3, 0.4) is 0 Å². The van der Waals surface area contributed by atoms with E-state index in [1.54, 1.807) is 4.90 Å². The molecule has 1 aliphatic heterocycles. The van der Waals surface area contributed by atoms with Crippen LogP contribution in [0.1, 0.15) is 47.7 Å². The molecule has 1 aromatic carbocycles. The Morgan fingerprint density at radius 2 is 1.94 bits per heavy atom. The summed E-state index contributed by atoms with van der Waals surface area (Å²) in [6, 6.07) is 5.56. The second-order valence-electron chi connectivity index (χ2n) is 9.16. The molecule has 0 saturated carbocycles. The molecule has 36 heavy (non-hydrogen) atoms. The molecule has 4 N–H and O–H groups in total. The molecule has 0 aliphatic carbocycles. The molecule has 0 radical (unpaired) electrons. The molecule has 2 unspecified atom stereocenters. The summed E-state index contributed by atoms with van der Waals surface area (Å²) in [6.45, 7) is 5.82. The van der Waals surface area contributed by atoms with Crippen molar-refractivity contribution >= 4 is 34.9 Å². The van der Waals surface area contributed by atoms with Gasteiger partial charge in [-0.1, -0.05) is 24.1 Å². The number of β-amino-alcohol motifs (C(OH)–C–C–N with tert-alkyl or cyclic N) is 1. The van der Waals surface area contributed by atoms with E-state index in [1.807, 2.05) is 39.0 Å². The Labute approximate surface area is 212 Å². The fourth-order valence-electron chi connectivity index (χ4n) is 4.46. The van der Waals surface area contributed by atoms with Crippen LogP contribution in [0, 0.1) is 20.8 Å². The summed E-state index contributed by atoms with van der Waals surface area (Å²) < 4.78 is 39.0. The number of nitrogens with one attached hydrogen (secondary N) is 3. The number of hydrogen-bond donors (Lipinski definition) is 4. The van der Waals surface area contributed by atoms with Crippen molar-refractivity contribution in [2.24, 2.45) is 0 Å². The average Bonchev–Trinajstić information content (AvgIpc) is 3.22. The SMILES string of the molecule is Cc1cc(Nc2nc(Nc3cc(C)c(C4CCCCN4CC(O)C(F)(F)F)cc3C)ncc2Cl)n[nH]1. The Morgan fingerprint density at radius 3 is 2.64 bits per heavy atom. The highest BCUT2D eigenvalue weighted by molar-refractivity contribution is 6.32. The van der Waals surface area contributed by atoms with E-state index in [0.717, 1.165) is 47.3 Å². The number of H-pyrrole nitrogens is 1. The molecule has 1 saturated heterocycles. The minimum Gasteiger partial charge on any atom is -0.382 e. The fourth-order valence-corrected chi connectivity index (χ4v) is 4.60. The highest BCUT2D eigenvalue weighted by Gasteiger charge is 2.40. The summed E-state index contributed by atoms with van der Waals surface area (Å²) in [6.07, 6.45) is -3.05. The Bertz CT molecular complexity index is 1220. The molecule has 2 atom stereocenters. The van der Waals surface area contributed by atoms with Gasteiger partial charge in [0.2, 0.25) is 5.95 Å². The Hall–Kier alpha value is -2.89. The van der Waals surface area contributed by atoms with Crippen molar-refractivity contribution in [1.29, 1.82) is 0 Å². The summed E-state index contributed by atoms with van der Waals surface area (Å²) in [7, 11) is 0. The van der Waals surface area contributed by atoms with E-state index < -0.39 is 18.8 Å². The van der Waals surface area contributed by atoms with Crippen molar-refractivity contribution < 1.29 is 18.3 Å².